The number of piperazine rings is 1. The minimum absolute atomic E-state index is 0.0160. The molecule has 0 spiro atoms. The first-order valence-electron chi connectivity index (χ1n) is 21.0. The minimum Gasteiger partial charge on any atom is -0.374 e. The first-order valence-corrected chi connectivity index (χ1v) is 21.8. The van der Waals surface area contributed by atoms with Crippen molar-refractivity contribution in [2.45, 2.75) is 75.5 Å². The van der Waals surface area contributed by atoms with Crippen LogP contribution in [0.3, 0.4) is 0 Å². The molecule has 1 aliphatic carbocycles. The highest BCUT2D eigenvalue weighted by Gasteiger charge is 2.40. The fraction of sp³-hybridized carbons (Fsp3) is 0.512. The molecule has 4 aliphatic heterocycles. The summed E-state index contributed by atoms with van der Waals surface area (Å²) in [7, 11) is 0. The highest BCUT2D eigenvalue weighted by molar-refractivity contribution is 7.14. The van der Waals surface area contributed by atoms with Gasteiger partial charge in [-0.3, -0.25) is 34.1 Å². The van der Waals surface area contributed by atoms with Gasteiger partial charge in [0.05, 0.1) is 65.2 Å². The number of fused-ring (bicyclic) bond motifs is 4. The molecule has 4 aromatic heterocycles. The third-order valence-electron chi connectivity index (χ3n) is 12.9. The van der Waals surface area contributed by atoms with Crippen LogP contribution < -0.4 is 20.9 Å². The predicted octanol–water partition coefficient (Wildman–Crippen LogP) is 4.21. The van der Waals surface area contributed by atoms with Crippen molar-refractivity contribution in [3.8, 4) is 0 Å². The maximum Gasteiger partial charge on any atom is 0.284 e. The molecule has 17 nitrogen and oxygen atoms in total. The quantitative estimate of drug-likeness (QED) is 0.161. The van der Waals surface area contributed by atoms with Crippen molar-refractivity contribution in [1.29, 1.82) is 0 Å². The molecule has 3 atom stereocenters. The van der Waals surface area contributed by atoms with E-state index < -0.39 is 23.9 Å². The van der Waals surface area contributed by atoms with Gasteiger partial charge in [-0.2, -0.15) is 14.6 Å². The molecule has 5 fully saturated rings. The number of halogens is 2. The molecule has 8 heterocycles. The van der Waals surface area contributed by atoms with Crippen LogP contribution in [-0.2, 0) is 19.1 Å². The van der Waals surface area contributed by atoms with Crippen LogP contribution in [0.25, 0.3) is 15.7 Å². The summed E-state index contributed by atoms with van der Waals surface area (Å²) in [6.45, 7) is 5.75. The summed E-state index contributed by atoms with van der Waals surface area (Å²) in [5.74, 6) is -0.615. The molecule has 1 unspecified atom stereocenters. The Labute approximate surface area is 352 Å². The summed E-state index contributed by atoms with van der Waals surface area (Å²) >= 11 is 1.24. The summed E-state index contributed by atoms with van der Waals surface area (Å²) in [5.41, 5.74) is 1.35. The molecule has 1 aromatic carbocycles. The number of morpholine rings is 1. The minimum atomic E-state index is -2.87. The largest absolute Gasteiger partial charge is 0.374 e. The summed E-state index contributed by atoms with van der Waals surface area (Å²) in [6, 6.07) is 7.61. The van der Waals surface area contributed by atoms with E-state index in [2.05, 4.69) is 45.2 Å². The molecule has 20 heteroatoms. The fourth-order valence-electron chi connectivity index (χ4n) is 9.66. The Hall–Kier alpha value is -5.44. The summed E-state index contributed by atoms with van der Waals surface area (Å²) in [6.07, 6.45) is 7.04. The molecule has 320 valence electrons. The zero-order valence-corrected chi connectivity index (χ0v) is 34.2. The molecular formula is C41H46F2N12O5S. The average Bonchev–Trinajstić information content (AvgIpc) is 4.11. The number of amides is 4. The number of rotatable bonds is 11. The van der Waals surface area contributed by atoms with E-state index in [0.717, 1.165) is 87.3 Å². The number of hydrogen-bond donors (Lipinski definition) is 3. The molecule has 10 rings (SSSR count). The van der Waals surface area contributed by atoms with Crippen molar-refractivity contribution in [3.05, 3.63) is 59.8 Å². The van der Waals surface area contributed by atoms with Gasteiger partial charge in [-0.15, -0.1) is 0 Å². The van der Waals surface area contributed by atoms with Crippen molar-refractivity contribution in [1.82, 2.24) is 43.9 Å². The zero-order chi connectivity index (χ0) is 41.8. The van der Waals surface area contributed by atoms with Crippen LogP contribution in [0.15, 0.2) is 42.9 Å². The maximum atomic E-state index is 14.3. The van der Waals surface area contributed by atoms with Crippen molar-refractivity contribution in [3.63, 3.8) is 0 Å². The highest BCUT2D eigenvalue weighted by Crippen LogP contribution is 2.38. The number of ether oxygens (including phenoxy) is 1. The van der Waals surface area contributed by atoms with E-state index in [4.69, 9.17) is 9.72 Å². The Morgan fingerprint density at radius 1 is 0.984 bits per heavy atom. The number of carbonyl (C=O) groups excluding carboxylic acids is 4. The van der Waals surface area contributed by atoms with Gasteiger partial charge >= 0.3 is 0 Å². The molecule has 1 saturated carbocycles. The fourth-order valence-corrected chi connectivity index (χ4v) is 10.6. The Balaban J connectivity index is 0.699. The second kappa shape index (κ2) is 16.4. The third kappa shape index (κ3) is 7.97. The smallest absolute Gasteiger partial charge is 0.284 e. The lowest BCUT2D eigenvalue weighted by Crippen LogP contribution is -2.49. The topological polar surface area (TPSA) is 184 Å². The van der Waals surface area contributed by atoms with Crippen LogP contribution in [0.5, 0.6) is 0 Å². The molecule has 3 N–H and O–H groups in total. The summed E-state index contributed by atoms with van der Waals surface area (Å²) < 4.78 is 42.7. The predicted molar refractivity (Wildman–Crippen MR) is 221 cm³/mol. The van der Waals surface area contributed by atoms with E-state index in [1.807, 2.05) is 24.3 Å². The van der Waals surface area contributed by atoms with Crippen molar-refractivity contribution >= 4 is 68.1 Å². The van der Waals surface area contributed by atoms with Crippen LogP contribution >= 0.6 is 11.5 Å². The number of aromatic nitrogens is 6. The number of piperidine rings is 1. The number of imide groups is 1. The van der Waals surface area contributed by atoms with Crippen LogP contribution in [0.2, 0.25) is 0 Å². The van der Waals surface area contributed by atoms with Crippen LogP contribution in [0.1, 0.15) is 85.1 Å². The number of hydrogen-bond acceptors (Lipinski definition) is 13. The second-order valence-electron chi connectivity index (χ2n) is 16.8. The van der Waals surface area contributed by atoms with E-state index in [1.54, 1.807) is 10.9 Å². The summed E-state index contributed by atoms with van der Waals surface area (Å²) in [4.78, 5) is 62.4. The van der Waals surface area contributed by atoms with Gasteiger partial charge in [0, 0.05) is 63.5 Å². The van der Waals surface area contributed by atoms with Gasteiger partial charge in [-0.1, -0.05) is 12.1 Å². The number of nitrogens with zero attached hydrogens (tertiary/aromatic N) is 9. The lowest BCUT2D eigenvalue weighted by Gasteiger charge is -2.38. The van der Waals surface area contributed by atoms with Crippen molar-refractivity contribution < 1.29 is 32.7 Å². The molecule has 5 aromatic rings. The van der Waals surface area contributed by atoms with Gasteiger partial charge < -0.3 is 25.2 Å². The third-order valence-corrected chi connectivity index (χ3v) is 13.8. The highest BCUT2D eigenvalue weighted by atomic mass is 32.1. The van der Waals surface area contributed by atoms with E-state index >= 15 is 0 Å². The summed E-state index contributed by atoms with van der Waals surface area (Å²) in [5, 5.41) is 17.5. The van der Waals surface area contributed by atoms with Crippen LogP contribution in [0.4, 0.5) is 26.0 Å². The van der Waals surface area contributed by atoms with Crippen molar-refractivity contribution in [2.75, 3.05) is 68.0 Å². The first kappa shape index (κ1) is 39.7. The van der Waals surface area contributed by atoms with Crippen LogP contribution in [-0.4, -0.2) is 127 Å². The van der Waals surface area contributed by atoms with Gasteiger partial charge in [-0.25, -0.2) is 18.3 Å². The van der Waals surface area contributed by atoms with Gasteiger partial charge in [-0.05, 0) is 68.1 Å². The van der Waals surface area contributed by atoms with E-state index in [0.29, 0.717) is 36.0 Å². The van der Waals surface area contributed by atoms with Gasteiger partial charge in [0.25, 0.3) is 12.3 Å². The number of nitrogens with one attached hydrogen (secondary N) is 3. The van der Waals surface area contributed by atoms with Gasteiger partial charge in [0.2, 0.25) is 17.7 Å². The zero-order valence-electron chi connectivity index (χ0n) is 33.3. The molecule has 4 amide bonds. The van der Waals surface area contributed by atoms with Gasteiger partial charge in [0.1, 0.15) is 11.4 Å². The Morgan fingerprint density at radius 3 is 2.56 bits per heavy atom. The molecule has 61 heavy (non-hydrogen) atoms. The SMILES string of the molecule is O=C1CCC(c2nsc3c(NC(=O)CN4CCN(CC5CCC(n6cc(NC(=O)c7cnn8ccc(N9C[C@@H]%10C[C@H]9CO%10)nc78)c(C(F)F)n6)CC5)CC4)cccc23)C(=O)N1. The lowest BCUT2D eigenvalue weighted by atomic mass is 9.85. The number of anilines is 3. The molecule has 0 radical (unpaired) electrons. The van der Waals surface area contributed by atoms with Crippen molar-refractivity contribution in [2.24, 2.45) is 5.92 Å². The van der Waals surface area contributed by atoms with E-state index in [9.17, 15) is 28.0 Å². The van der Waals surface area contributed by atoms with E-state index in [-0.39, 0.29) is 60.1 Å². The lowest BCUT2D eigenvalue weighted by molar-refractivity contribution is -0.134. The Morgan fingerprint density at radius 2 is 1.80 bits per heavy atom. The molecule has 4 saturated heterocycles. The molecule has 5 aliphatic rings. The standard InChI is InChI=1S/C41H46F2N12O5S/c42-38(43)36-31(46-41(59)29-17-44-54-11-10-32(47-39(29)54)53-19-26-16-25(53)22-60-26)20-55(49-36)24-6-4-23(5-7-24)18-51-12-14-52(15-13-51)21-34(57)45-30-3-1-2-27-35(50-61-37(27)30)28-8-9-33(56)48-40(28)58/h1-3,10-11,17,20,23-26,28,38H,4-9,12-16,18-19,21-22H2,(H,45,57)(H,46,59)(H,48,56,58)/t23?,24?,25-,26-,28?/m0/s1. The van der Waals surface area contributed by atoms with Gasteiger partial charge in [0.15, 0.2) is 11.3 Å². The monoisotopic (exact) mass is 856 g/mol. The number of carbonyl (C=O) groups is 4. The average molecular weight is 857 g/mol. The Kier molecular flexibility index (Phi) is 10.7. The number of benzene rings is 1. The maximum absolute atomic E-state index is 14.3. The molecule has 2 bridgehead atoms. The Bertz CT molecular complexity index is 2490. The normalized spacial score (nSPS) is 24.9. The first-order chi connectivity index (χ1) is 29.6. The van der Waals surface area contributed by atoms with E-state index in [1.165, 1.54) is 28.4 Å². The number of alkyl halides is 2. The molecular weight excluding hydrogens is 811 g/mol. The van der Waals surface area contributed by atoms with Crippen LogP contribution in [0, 0.1) is 5.92 Å². The second-order valence-corrected chi connectivity index (χ2v) is 17.6.